The summed E-state index contributed by atoms with van der Waals surface area (Å²) < 4.78 is 22.1. The molecule has 0 unspecified atom stereocenters. The van der Waals surface area contributed by atoms with Crippen molar-refractivity contribution in [1.29, 1.82) is 0 Å². The molecule has 184 valence electrons. The molecule has 0 aliphatic carbocycles. The Kier molecular flexibility index (Phi) is 9.86. The Morgan fingerprint density at radius 2 is 1.68 bits per heavy atom. The molecule has 1 aliphatic rings. The van der Waals surface area contributed by atoms with Crippen LogP contribution in [0.4, 0.5) is 0 Å². The summed E-state index contributed by atoms with van der Waals surface area (Å²) in [7, 11) is 4.89. The summed E-state index contributed by atoms with van der Waals surface area (Å²) in [5.41, 5.74) is 4.35. The summed E-state index contributed by atoms with van der Waals surface area (Å²) in [4.78, 5) is 4.81. The molecule has 0 atom stereocenters. The van der Waals surface area contributed by atoms with E-state index in [0.29, 0.717) is 17.2 Å². The molecule has 0 bridgehead atoms. The van der Waals surface area contributed by atoms with Crippen LogP contribution in [-0.2, 0) is 4.74 Å². The van der Waals surface area contributed by atoms with E-state index in [0.717, 1.165) is 63.6 Å². The molecule has 2 aromatic carbocycles. The van der Waals surface area contributed by atoms with Crippen LogP contribution in [0.5, 0.6) is 17.2 Å². The topological polar surface area (TPSA) is 43.4 Å². The van der Waals surface area contributed by atoms with Gasteiger partial charge in [0.15, 0.2) is 11.5 Å². The molecule has 0 aromatic heterocycles. The van der Waals surface area contributed by atoms with Crippen LogP contribution in [0.3, 0.4) is 0 Å². The van der Waals surface area contributed by atoms with Gasteiger partial charge in [-0.15, -0.1) is 0 Å². The minimum Gasteiger partial charge on any atom is -0.493 e. The predicted octanol–water partition coefficient (Wildman–Crippen LogP) is 4.81. The molecule has 1 heterocycles. The van der Waals surface area contributed by atoms with Gasteiger partial charge in [0.2, 0.25) is 5.75 Å². The van der Waals surface area contributed by atoms with E-state index in [1.54, 1.807) is 21.3 Å². The molecule has 0 amide bonds. The number of benzene rings is 2. The molecule has 6 heteroatoms. The lowest BCUT2D eigenvalue weighted by molar-refractivity contribution is 0.0368. The monoisotopic (exact) mass is 466 g/mol. The smallest absolute Gasteiger partial charge is 0.203 e. The number of rotatable bonds is 12. The van der Waals surface area contributed by atoms with Crippen molar-refractivity contribution in [3.8, 4) is 17.2 Å². The highest BCUT2D eigenvalue weighted by Gasteiger charge is 2.18. The number of morpholine rings is 1. The molecule has 0 radical (unpaired) electrons. The average Bonchev–Trinajstić information content (AvgIpc) is 2.87. The fraction of sp³-hybridized carbons (Fsp3) is 0.429. The Balaban J connectivity index is 1.81. The number of nitrogens with zero attached hydrogens (tertiary/aromatic N) is 2. The first kappa shape index (κ1) is 25.7. The number of hydrogen-bond donors (Lipinski definition) is 0. The van der Waals surface area contributed by atoms with Gasteiger partial charge in [-0.3, -0.25) is 4.90 Å². The first-order valence-corrected chi connectivity index (χ1v) is 11.8. The third-order valence-electron chi connectivity index (χ3n) is 6.04. The molecule has 2 aromatic rings. The van der Waals surface area contributed by atoms with E-state index in [2.05, 4.69) is 53.6 Å². The maximum atomic E-state index is 5.58. The maximum absolute atomic E-state index is 5.58. The van der Waals surface area contributed by atoms with Crippen LogP contribution in [0.1, 0.15) is 24.5 Å². The molecule has 3 rings (SSSR count). The van der Waals surface area contributed by atoms with Gasteiger partial charge in [-0.1, -0.05) is 48.6 Å². The molecule has 0 spiro atoms. The van der Waals surface area contributed by atoms with Crippen LogP contribution < -0.4 is 14.2 Å². The zero-order valence-electron chi connectivity index (χ0n) is 21.0. The van der Waals surface area contributed by atoms with Crippen molar-refractivity contribution in [2.75, 3.05) is 67.3 Å². The minimum absolute atomic E-state index is 0.584. The molecule has 6 nitrogen and oxygen atoms in total. The Morgan fingerprint density at radius 1 is 1.03 bits per heavy atom. The summed E-state index contributed by atoms with van der Waals surface area (Å²) in [6.07, 6.45) is 3.28. The molecule has 34 heavy (non-hydrogen) atoms. The van der Waals surface area contributed by atoms with Crippen molar-refractivity contribution in [2.45, 2.75) is 13.3 Å². The lowest BCUT2D eigenvalue weighted by Gasteiger charge is -2.31. The van der Waals surface area contributed by atoms with Crippen molar-refractivity contribution in [3.63, 3.8) is 0 Å². The lowest BCUT2D eigenvalue weighted by Crippen LogP contribution is -2.38. The van der Waals surface area contributed by atoms with E-state index in [1.165, 1.54) is 11.1 Å². The molecular formula is C28H38N2O4. The molecule has 1 fully saturated rings. The Morgan fingerprint density at radius 3 is 2.26 bits per heavy atom. The molecular weight excluding hydrogens is 428 g/mol. The highest BCUT2D eigenvalue weighted by molar-refractivity contribution is 5.69. The normalized spacial score (nSPS) is 14.5. The van der Waals surface area contributed by atoms with Gasteiger partial charge in [-0.2, -0.15) is 0 Å². The predicted molar refractivity (Wildman–Crippen MR) is 139 cm³/mol. The van der Waals surface area contributed by atoms with Gasteiger partial charge in [0.05, 0.1) is 34.5 Å². The summed E-state index contributed by atoms with van der Waals surface area (Å²) in [6.45, 7) is 13.0. The summed E-state index contributed by atoms with van der Waals surface area (Å²) in [5, 5.41) is 0. The molecule has 0 N–H and O–H groups in total. The van der Waals surface area contributed by atoms with E-state index < -0.39 is 0 Å². The zero-order valence-corrected chi connectivity index (χ0v) is 21.0. The number of ether oxygens (including phenoxy) is 4. The lowest BCUT2D eigenvalue weighted by atomic mass is 10.1. The first-order chi connectivity index (χ1) is 16.5. The third-order valence-corrected chi connectivity index (χ3v) is 6.04. The number of hydrogen-bond acceptors (Lipinski definition) is 6. The van der Waals surface area contributed by atoms with Gasteiger partial charge in [0.25, 0.3) is 0 Å². The standard InChI is InChI=1S/C28H38N2O4/c1-22(18-24-10-7-6-8-11-24)21-30(13-9-12-29-14-16-34-17-15-29)23(2)25-19-26(31-3)28(33-5)27(20-25)32-4/h6-8,10-11,18-20H,2,9,12-17,21H2,1,3-5H3/b22-18+. The van der Waals surface area contributed by atoms with Crippen LogP contribution >= 0.6 is 0 Å². The summed E-state index contributed by atoms with van der Waals surface area (Å²) in [5.74, 6) is 1.84. The van der Waals surface area contributed by atoms with Crippen molar-refractivity contribution in [2.24, 2.45) is 0 Å². The third kappa shape index (κ3) is 7.02. The quantitative estimate of drug-likeness (QED) is 0.447. The van der Waals surface area contributed by atoms with Crippen LogP contribution in [0.25, 0.3) is 11.8 Å². The molecule has 1 aliphatic heterocycles. The van der Waals surface area contributed by atoms with Gasteiger partial charge >= 0.3 is 0 Å². The summed E-state index contributed by atoms with van der Waals surface area (Å²) >= 11 is 0. The van der Waals surface area contributed by atoms with Crippen LogP contribution in [0, 0.1) is 0 Å². The van der Waals surface area contributed by atoms with Gasteiger partial charge in [0.1, 0.15) is 0 Å². The van der Waals surface area contributed by atoms with E-state index in [-0.39, 0.29) is 0 Å². The average molecular weight is 467 g/mol. The van der Waals surface area contributed by atoms with Crippen LogP contribution in [-0.4, -0.2) is 77.1 Å². The van der Waals surface area contributed by atoms with Gasteiger partial charge in [0, 0.05) is 44.0 Å². The molecule has 0 saturated carbocycles. The second-order valence-electron chi connectivity index (χ2n) is 8.49. The van der Waals surface area contributed by atoms with Gasteiger partial charge in [-0.05, 0) is 31.0 Å². The van der Waals surface area contributed by atoms with Crippen molar-refractivity contribution < 1.29 is 18.9 Å². The fourth-order valence-electron chi connectivity index (χ4n) is 4.23. The first-order valence-electron chi connectivity index (χ1n) is 11.8. The SMILES string of the molecule is C=C(c1cc(OC)c(OC)c(OC)c1)N(CCCN1CCOCC1)C/C(C)=C/c1ccccc1. The number of methoxy groups -OCH3 is 3. The Bertz CT molecular complexity index is 927. The van der Waals surface area contributed by atoms with Crippen molar-refractivity contribution >= 4 is 11.8 Å². The fourth-order valence-corrected chi connectivity index (χ4v) is 4.23. The van der Waals surface area contributed by atoms with E-state index in [4.69, 9.17) is 18.9 Å². The van der Waals surface area contributed by atoms with E-state index >= 15 is 0 Å². The second kappa shape index (κ2) is 13.1. The summed E-state index contributed by atoms with van der Waals surface area (Å²) in [6, 6.07) is 14.4. The van der Waals surface area contributed by atoms with Gasteiger partial charge < -0.3 is 23.8 Å². The second-order valence-corrected chi connectivity index (χ2v) is 8.49. The van der Waals surface area contributed by atoms with Crippen molar-refractivity contribution in [3.05, 3.63) is 65.7 Å². The van der Waals surface area contributed by atoms with E-state index in [1.807, 2.05) is 18.2 Å². The highest BCUT2D eigenvalue weighted by atomic mass is 16.5. The zero-order chi connectivity index (χ0) is 24.3. The Hall–Kier alpha value is -2.96. The molecule has 1 saturated heterocycles. The minimum atomic E-state index is 0.584. The van der Waals surface area contributed by atoms with Gasteiger partial charge in [-0.25, -0.2) is 0 Å². The van der Waals surface area contributed by atoms with Crippen LogP contribution in [0.2, 0.25) is 0 Å². The van der Waals surface area contributed by atoms with Crippen molar-refractivity contribution in [1.82, 2.24) is 9.80 Å². The highest BCUT2D eigenvalue weighted by Crippen LogP contribution is 2.40. The maximum Gasteiger partial charge on any atom is 0.203 e. The largest absolute Gasteiger partial charge is 0.493 e. The van der Waals surface area contributed by atoms with E-state index in [9.17, 15) is 0 Å². The van der Waals surface area contributed by atoms with Crippen LogP contribution in [0.15, 0.2) is 54.6 Å². The Labute approximate surface area is 204 Å².